The van der Waals surface area contributed by atoms with Crippen molar-refractivity contribution in [3.05, 3.63) is 59.4 Å². The maximum atomic E-state index is 13.8. The molecule has 0 heterocycles. The fourth-order valence-electron chi connectivity index (χ4n) is 1.83. The van der Waals surface area contributed by atoms with Crippen molar-refractivity contribution in [2.75, 3.05) is 18.1 Å². The third-order valence-corrected chi connectivity index (χ3v) is 3.80. The summed E-state index contributed by atoms with van der Waals surface area (Å²) in [6.45, 7) is 1.78. The first-order chi connectivity index (χ1) is 10.1. The second-order valence-electron chi connectivity index (χ2n) is 4.50. The molecule has 0 unspecified atom stereocenters. The molecule has 0 aliphatic heterocycles. The zero-order valence-electron chi connectivity index (χ0n) is 11.6. The lowest BCUT2D eigenvalue weighted by atomic mass is 10.1. The molecule has 0 radical (unpaired) electrons. The Kier molecular flexibility index (Phi) is 5.22. The Labute approximate surface area is 127 Å². The number of nitrogens with two attached hydrogens (primary N) is 1. The molecule has 0 saturated carbocycles. The standard InChI is InChI=1S/C16H16FNO2S/c1-11-9-12(18)10-14(15(11)17)16(19)20-7-8-21-13-5-3-2-4-6-13/h2-6,9-10H,7-8,18H2,1H3. The summed E-state index contributed by atoms with van der Waals surface area (Å²) in [4.78, 5) is 13.0. The molecule has 21 heavy (non-hydrogen) atoms. The summed E-state index contributed by atoms with van der Waals surface area (Å²) in [7, 11) is 0. The molecule has 0 atom stereocenters. The van der Waals surface area contributed by atoms with Crippen molar-refractivity contribution in [2.45, 2.75) is 11.8 Å². The number of rotatable bonds is 5. The van der Waals surface area contributed by atoms with Gasteiger partial charge in [0, 0.05) is 16.3 Å². The van der Waals surface area contributed by atoms with E-state index in [9.17, 15) is 9.18 Å². The van der Waals surface area contributed by atoms with Crippen LogP contribution in [-0.4, -0.2) is 18.3 Å². The molecule has 110 valence electrons. The molecule has 0 amide bonds. The maximum absolute atomic E-state index is 13.8. The van der Waals surface area contributed by atoms with Crippen molar-refractivity contribution < 1.29 is 13.9 Å². The Hall–Kier alpha value is -2.01. The number of ether oxygens (including phenoxy) is 1. The first-order valence-electron chi connectivity index (χ1n) is 6.48. The molecule has 0 fully saturated rings. The lowest BCUT2D eigenvalue weighted by molar-refractivity contribution is 0.0525. The van der Waals surface area contributed by atoms with Gasteiger partial charge in [0.2, 0.25) is 0 Å². The van der Waals surface area contributed by atoms with Crippen LogP contribution >= 0.6 is 11.8 Å². The van der Waals surface area contributed by atoms with Crippen LogP contribution in [0.5, 0.6) is 0 Å². The largest absolute Gasteiger partial charge is 0.461 e. The number of carbonyl (C=O) groups excluding carboxylic acids is 1. The molecule has 0 aliphatic rings. The average Bonchev–Trinajstić information content (AvgIpc) is 2.48. The van der Waals surface area contributed by atoms with E-state index in [1.807, 2.05) is 30.3 Å². The predicted molar refractivity (Wildman–Crippen MR) is 83.0 cm³/mol. The van der Waals surface area contributed by atoms with Gasteiger partial charge < -0.3 is 10.5 Å². The quantitative estimate of drug-likeness (QED) is 0.396. The SMILES string of the molecule is Cc1cc(N)cc(C(=O)OCCSc2ccccc2)c1F. The Bertz CT molecular complexity index is 632. The molecule has 0 saturated heterocycles. The van der Waals surface area contributed by atoms with Crippen molar-refractivity contribution in [2.24, 2.45) is 0 Å². The number of anilines is 1. The Morgan fingerprint density at radius 2 is 2.00 bits per heavy atom. The van der Waals surface area contributed by atoms with Crippen molar-refractivity contribution in [1.29, 1.82) is 0 Å². The van der Waals surface area contributed by atoms with Crippen molar-refractivity contribution in [3.8, 4) is 0 Å². The van der Waals surface area contributed by atoms with E-state index in [1.165, 1.54) is 12.1 Å². The van der Waals surface area contributed by atoms with Crippen LogP contribution in [0.4, 0.5) is 10.1 Å². The van der Waals surface area contributed by atoms with Gasteiger partial charge in [0.25, 0.3) is 0 Å². The van der Waals surface area contributed by atoms with E-state index in [0.717, 1.165) is 4.90 Å². The summed E-state index contributed by atoms with van der Waals surface area (Å²) in [5, 5.41) is 0. The molecular weight excluding hydrogens is 289 g/mol. The molecule has 0 aliphatic carbocycles. The maximum Gasteiger partial charge on any atom is 0.341 e. The number of halogens is 1. The molecule has 3 nitrogen and oxygen atoms in total. The number of carbonyl (C=O) groups is 1. The van der Waals surface area contributed by atoms with E-state index in [1.54, 1.807) is 18.7 Å². The van der Waals surface area contributed by atoms with Crippen LogP contribution in [0.1, 0.15) is 15.9 Å². The molecule has 0 bridgehead atoms. The molecule has 5 heteroatoms. The normalized spacial score (nSPS) is 10.4. The van der Waals surface area contributed by atoms with Crippen LogP contribution < -0.4 is 5.73 Å². The third-order valence-electron chi connectivity index (χ3n) is 2.83. The van der Waals surface area contributed by atoms with Gasteiger partial charge in [-0.05, 0) is 36.8 Å². The minimum atomic E-state index is -0.684. The van der Waals surface area contributed by atoms with Gasteiger partial charge in [-0.15, -0.1) is 11.8 Å². The number of hydrogen-bond donors (Lipinski definition) is 1. The van der Waals surface area contributed by atoms with Gasteiger partial charge in [0.15, 0.2) is 0 Å². The number of thioether (sulfide) groups is 1. The highest BCUT2D eigenvalue weighted by molar-refractivity contribution is 7.99. The molecule has 2 aromatic carbocycles. The number of benzene rings is 2. The fourth-order valence-corrected chi connectivity index (χ4v) is 2.59. The summed E-state index contributed by atoms with van der Waals surface area (Å²) in [6, 6.07) is 12.6. The van der Waals surface area contributed by atoms with Crippen molar-refractivity contribution >= 4 is 23.4 Å². The van der Waals surface area contributed by atoms with Crippen LogP contribution in [0.2, 0.25) is 0 Å². The average molecular weight is 305 g/mol. The highest BCUT2D eigenvalue weighted by atomic mass is 32.2. The highest BCUT2D eigenvalue weighted by Gasteiger charge is 2.15. The van der Waals surface area contributed by atoms with Crippen LogP contribution in [0.25, 0.3) is 0 Å². The summed E-state index contributed by atoms with van der Waals surface area (Å²) < 4.78 is 18.9. The van der Waals surface area contributed by atoms with E-state index >= 15 is 0 Å². The summed E-state index contributed by atoms with van der Waals surface area (Å²) in [5.41, 5.74) is 6.19. The molecule has 0 spiro atoms. The third kappa shape index (κ3) is 4.23. The Morgan fingerprint density at radius 3 is 2.71 bits per heavy atom. The van der Waals surface area contributed by atoms with E-state index in [0.29, 0.717) is 17.0 Å². The first-order valence-corrected chi connectivity index (χ1v) is 7.47. The zero-order chi connectivity index (χ0) is 15.2. The summed E-state index contributed by atoms with van der Waals surface area (Å²) in [6.07, 6.45) is 0. The van der Waals surface area contributed by atoms with Gasteiger partial charge in [0.05, 0.1) is 5.56 Å². The van der Waals surface area contributed by atoms with Gasteiger partial charge in [-0.25, -0.2) is 9.18 Å². The molecule has 2 rings (SSSR count). The molecular formula is C16H16FNO2S. The van der Waals surface area contributed by atoms with E-state index in [2.05, 4.69) is 0 Å². The Balaban J connectivity index is 1.88. The van der Waals surface area contributed by atoms with Crippen LogP contribution in [0.15, 0.2) is 47.4 Å². The summed E-state index contributed by atoms with van der Waals surface area (Å²) >= 11 is 1.57. The van der Waals surface area contributed by atoms with Gasteiger partial charge in [0.1, 0.15) is 12.4 Å². The van der Waals surface area contributed by atoms with Gasteiger partial charge in [-0.2, -0.15) is 0 Å². The van der Waals surface area contributed by atoms with Crippen LogP contribution in [0.3, 0.4) is 0 Å². The van der Waals surface area contributed by atoms with E-state index in [-0.39, 0.29) is 12.2 Å². The number of esters is 1. The molecule has 0 aromatic heterocycles. The monoisotopic (exact) mass is 305 g/mol. The van der Waals surface area contributed by atoms with Gasteiger partial charge >= 0.3 is 5.97 Å². The second kappa shape index (κ2) is 7.13. The van der Waals surface area contributed by atoms with E-state index < -0.39 is 11.8 Å². The molecule has 2 N–H and O–H groups in total. The van der Waals surface area contributed by atoms with E-state index in [4.69, 9.17) is 10.5 Å². The lowest BCUT2D eigenvalue weighted by Crippen LogP contribution is -2.11. The lowest BCUT2D eigenvalue weighted by Gasteiger charge is -2.08. The zero-order valence-corrected chi connectivity index (χ0v) is 12.5. The highest BCUT2D eigenvalue weighted by Crippen LogP contribution is 2.19. The van der Waals surface area contributed by atoms with Gasteiger partial charge in [-0.1, -0.05) is 18.2 Å². The van der Waals surface area contributed by atoms with Crippen LogP contribution in [0, 0.1) is 12.7 Å². The van der Waals surface area contributed by atoms with Gasteiger partial charge in [-0.3, -0.25) is 0 Å². The summed E-state index contributed by atoms with van der Waals surface area (Å²) in [5.74, 6) is -0.653. The minimum absolute atomic E-state index is 0.114. The van der Waals surface area contributed by atoms with Crippen molar-refractivity contribution in [3.63, 3.8) is 0 Å². The molecule has 2 aromatic rings. The topological polar surface area (TPSA) is 52.3 Å². The minimum Gasteiger partial charge on any atom is -0.461 e. The fraction of sp³-hybridized carbons (Fsp3) is 0.188. The Morgan fingerprint density at radius 1 is 1.29 bits per heavy atom. The second-order valence-corrected chi connectivity index (χ2v) is 5.67. The number of hydrogen-bond acceptors (Lipinski definition) is 4. The van der Waals surface area contributed by atoms with Crippen LogP contribution in [-0.2, 0) is 4.74 Å². The smallest absolute Gasteiger partial charge is 0.341 e. The van der Waals surface area contributed by atoms with Crippen molar-refractivity contribution in [1.82, 2.24) is 0 Å². The first kappa shape index (κ1) is 15.4. The number of nitrogen functional groups attached to an aromatic ring is 1. The number of aryl methyl sites for hydroxylation is 1. The predicted octanol–water partition coefficient (Wildman–Crippen LogP) is 3.67.